The van der Waals surface area contributed by atoms with Crippen molar-refractivity contribution >= 4 is 5.97 Å². The van der Waals surface area contributed by atoms with Gasteiger partial charge in [0.15, 0.2) is 0 Å². The minimum atomic E-state index is -0.901. The third-order valence-electron chi connectivity index (χ3n) is 2.07. The summed E-state index contributed by atoms with van der Waals surface area (Å²) in [4.78, 5) is 10.6. The van der Waals surface area contributed by atoms with Crippen molar-refractivity contribution in [3.05, 3.63) is 0 Å². The summed E-state index contributed by atoms with van der Waals surface area (Å²) in [7, 11) is 3.03. The second kappa shape index (κ2) is 3.84. The quantitative estimate of drug-likeness (QED) is 0.580. The van der Waals surface area contributed by atoms with Crippen molar-refractivity contribution in [2.45, 2.75) is 18.2 Å². The molecule has 2 N–H and O–H groups in total. The van der Waals surface area contributed by atoms with Crippen LogP contribution < -0.4 is 5.32 Å². The molecule has 0 aromatic rings. The molecular weight excluding hydrogens is 162 g/mol. The van der Waals surface area contributed by atoms with Crippen molar-refractivity contribution in [3.8, 4) is 0 Å². The molecular formula is C7H13NO4. The third kappa shape index (κ3) is 1.57. The largest absolute Gasteiger partial charge is 0.480 e. The fourth-order valence-corrected chi connectivity index (χ4v) is 1.42. The maximum Gasteiger partial charge on any atom is 0.323 e. The predicted octanol–water partition coefficient (Wildman–Crippen LogP) is -0.927. The number of carboxylic acid groups (broad SMARTS) is 1. The molecule has 1 fully saturated rings. The Bertz CT molecular complexity index is 173. The predicted molar refractivity (Wildman–Crippen MR) is 41.0 cm³/mol. The zero-order chi connectivity index (χ0) is 9.14. The zero-order valence-corrected chi connectivity index (χ0v) is 7.11. The summed E-state index contributed by atoms with van der Waals surface area (Å²) in [6.07, 6.45) is -0.566. The number of hydrogen-bond donors (Lipinski definition) is 2. The first kappa shape index (κ1) is 9.44. The number of rotatable bonds is 3. The Morgan fingerprint density at radius 3 is 2.58 bits per heavy atom. The van der Waals surface area contributed by atoms with Crippen molar-refractivity contribution in [3.63, 3.8) is 0 Å². The van der Waals surface area contributed by atoms with Crippen LogP contribution >= 0.6 is 0 Å². The molecule has 70 valence electrons. The fraction of sp³-hybridized carbons (Fsp3) is 0.857. The molecule has 12 heavy (non-hydrogen) atoms. The fourth-order valence-electron chi connectivity index (χ4n) is 1.42. The van der Waals surface area contributed by atoms with Gasteiger partial charge in [-0.1, -0.05) is 0 Å². The average Bonchev–Trinajstić information content (AvgIpc) is 2.46. The van der Waals surface area contributed by atoms with Crippen LogP contribution in [0.3, 0.4) is 0 Å². The van der Waals surface area contributed by atoms with Crippen LogP contribution in [-0.4, -0.2) is 50.1 Å². The summed E-state index contributed by atoms with van der Waals surface area (Å²) in [5.41, 5.74) is 0. The van der Waals surface area contributed by atoms with E-state index in [1.807, 2.05) is 0 Å². The highest BCUT2D eigenvalue weighted by Gasteiger charge is 2.40. The summed E-state index contributed by atoms with van der Waals surface area (Å²) < 4.78 is 10.1. The Morgan fingerprint density at radius 1 is 1.50 bits per heavy atom. The lowest BCUT2D eigenvalue weighted by molar-refractivity contribution is -0.143. The first-order valence-electron chi connectivity index (χ1n) is 3.72. The molecule has 5 heteroatoms. The minimum Gasteiger partial charge on any atom is -0.480 e. The molecule has 0 spiro atoms. The van der Waals surface area contributed by atoms with Gasteiger partial charge in [0.25, 0.3) is 0 Å². The number of carbonyl (C=O) groups is 1. The molecule has 0 saturated carbocycles. The first-order chi connectivity index (χ1) is 5.70. The van der Waals surface area contributed by atoms with Crippen LogP contribution in [0.4, 0.5) is 0 Å². The molecule has 1 rings (SSSR count). The first-order valence-corrected chi connectivity index (χ1v) is 3.72. The number of carboxylic acids is 1. The molecule has 0 aromatic carbocycles. The molecule has 1 aliphatic heterocycles. The van der Waals surface area contributed by atoms with Gasteiger partial charge in [-0.3, -0.25) is 10.1 Å². The number of ether oxygens (including phenoxy) is 2. The maximum absolute atomic E-state index is 10.6. The summed E-state index contributed by atoms with van der Waals surface area (Å²) in [5, 5.41) is 11.5. The Labute approximate surface area is 70.7 Å². The van der Waals surface area contributed by atoms with E-state index in [-0.39, 0.29) is 6.10 Å². The monoisotopic (exact) mass is 175 g/mol. The Hall–Kier alpha value is -0.650. The molecule has 0 amide bonds. The molecule has 0 radical (unpaired) electrons. The standard InChI is InChI=1S/C7H13NO4/c1-11-4-3-8-5(7(9)10)6(4)12-2/h4-6,8H,3H2,1-2H3,(H,9,10)/t4-,5-,6-/m0/s1. The van der Waals surface area contributed by atoms with Crippen molar-refractivity contribution < 1.29 is 19.4 Å². The summed E-state index contributed by atoms with van der Waals surface area (Å²) in [6, 6.07) is -0.653. The van der Waals surface area contributed by atoms with E-state index in [0.717, 1.165) is 0 Å². The van der Waals surface area contributed by atoms with Crippen LogP contribution in [0.5, 0.6) is 0 Å². The summed E-state index contributed by atoms with van der Waals surface area (Å²) >= 11 is 0. The molecule has 3 atom stereocenters. The normalized spacial score (nSPS) is 35.3. The van der Waals surface area contributed by atoms with Gasteiger partial charge in [-0.05, 0) is 0 Å². The van der Waals surface area contributed by atoms with Crippen molar-refractivity contribution in [1.29, 1.82) is 0 Å². The van der Waals surface area contributed by atoms with Gasteiger partial charge in [0.05, 0.1) is 6.10 Å². The lowest BCUT2D eigenvalue weighted by Gasteiger charge is -2.18. The van der Waals surface area contributed by atoms with Crippen LogP contribution in [0.15, 0.2) is 0 Å². The van der Waals surface area contributed by atoms with E-state index in [1.165, 1.54) is 7.11 Å². The second-order valence-electron chi connectivity index (χ2n) is 2.70. The SMILES string of the molecule is CO[C@H]1[C@@H](OC)CN[C@@H]1C(=O)O. The molecule has 0 aromatic heterocycles. The third-order valence-corrected chi connectivity index (χ3v) is 2.07. The number of hydrogen-bond acceptors (Lipinski definition) is 4. The summed E-state index contributed by atoms with van der Waals surface area (Å²) in [6.45, 7) is 0.520. The lowest BCUT2D eigenvalue weighted by atomic mass is 10.1. The lowest BCUT2D eigenvalue weighted by Crippen LogP contribution is -2.41. The molecule has 0 bridgehead atoms. The molecule has 5 nitrogen and oxygen atoms in total. The van der Waals surface area contributed by atoms with E-state index in [2.05, 4.69) is 5.32 Å². The Balaban J connectivity index is 2.62. The smallest absolute Gasteiger partial charge is 0.323 e. The van der Waals surface area contributed by atoms with Gasteiger partial charge in [-0.15, -0.1) is 0 Å². The van der Waals surface area contributed by atoms with E-state index in [0.29, 0.717) is 6.54 Å². The maximum atomic E-state index is 10.6. The second-order valence-corrected chi connectivity index (χ2v) is 2.70. The van der Waals surface area contributed by atoms with Crippen molar-refractivity contribution in [2.75, 3.05) is 20.8 Å². The molecule has 1 heterocycles. The van der Waals surface area contributed by atoms with Gasteiger partial charge in [-0.2, -0.15) is 0 Å². The van der Waals surface area contributed by atoms with Crippen LogP contribution in [0, 0.1) is 0 Å². The highest BCUT2D eigenvalue weighted by Crippen LogP contribution is 2.14. The van der Waals surface area contributed by atoms with Gasteiger partial charge in [0.1, 0.15) is 12.1 Å². The van der Waals surface area contributed by atoms with Gasteiger partial charge in [0, 0.05) is 20.8 Å². The summed E-state index contributed by atoms with van der Waals surface area (Å²) in [5.74, 6) is -0.901. The van der Waals surface area contributed by atoms with E-state index in [4.69, 9.17) is 14.6 Å². The van der Waals surface area contributed by atoms with Crippen LogP contribution in [0.1, 0.15) is 0 Å². The molecule has 0 aliphatic carbocycles. The number of nitrogens with one attached hydrogen (secondary N) is 1. The zero-order valence-electron chi connectivity index (χ0n) is 7.11. The van der Waals surface area contributed by atoms with Crippen LogP contribution in [0.25, 0.3) is 0 Å². The topological polar surface area (TPSA) is 67.8 Å². The van der Waals surface area contributed by atoms with Crippen LogP contribution in [-0.2, 0) is 14.3 Å². The number of methoxy groups -OCH3 is 2. The highest BCUT2D eigenvalue weighted by molar-refractivity contribution is 5.75. The van der Waals surface area contributed by atoms with Crippen molar-refractivity contribution in [2.24, 2.45) is 0 Å². The van der Waals surface area contributed by atoms with Gasteiger partial charge < -0.3 is 14.6 Å². The minimum absolute atomic E-state index is 0.170. The van der Waals surface area contributed by atoms with E-state index >= 15 is 0 Å². The van der Waals surface area contributed by atoms with Gasteiger partial charge in [0.2, 0.25) is 0 Å². The Morgan fingerprint density at radius 2 is 2.17 bits per heavy atom. The van der Waals surface area contributed by atoms with E-state index in [1.54, 1.807) is 7.11 Å². The van der Waals surface area contributed by atoms with E-state index < -0.39 is 18.1 Å². The Kier molecular flexibility index (Phi) is 3.02. The van der Waals surface area contributed by atoms with Gasteiger partial charge in [-0.25, -0.2) is 0 Å². The average molecular weight is 175 g/mol. The number of aliphatic carboxylic acids is 1. The molecule has 1 saturated heterocycles. The molecule has 0 unspecified atom stereocenters. The van der Waals surface area contributed by atoms with Crippen molar-refractivity contribution in [1.82, 2.24) is 5.32 Å². The van der Waals surface area contributed by atoms with Crippen LogP contribution in [0.2, 0.25) is 0 Å². The van der Waals surface area contributed by atoms with Gasteiger partial charge >= 0.3 is 5.97 Å². The highest BCUT2D eigenvalue weighted by atomic mass is 16.5. The van der Waals surface area contributed by atoms with E-state index in [9.17, 15) is 4.79 Å². The molecule has 1 aliphatic rings.